The van der Waals surface area contributed by atoms with E-state index in [1.54, 1.807) is 12.1 Å². The summed E-state index contributed by atoms with van der Waals surface area (Å²) in [5.74, 6) is 0. The van der Waals surface area contributed by atoms with Crippen LogP contribution in [0.25, 0.3) is 22.0 Å². The molecule has 0 saturated carbocycles. The van der Waals surface area contributed by atoms with Crippen molar-refractivity contribution in [2.45, 2.75) is 32.1 Å². The molecule has 0 spiro atoms. The molecular formula is C27H29ClN4S2. The van der Waals surface area contributed by atoms with Gasteiger partial charge in [-0.25, -0.2) is 4.72 Å². The molecule has 1 aliphatic heterocycles. The number of hydrogen-bond acceptors (Lipinski definition) is 6. The molecule has 7 heteroatoms. The molecular weight excluding hydrogens is 480 g/mol. The van der Waals surface area contributed by atoms with Crippen LogP contribution in [-0.2, 0) is 0 Å². The number of aromatic nitrogens is 1. The predicted octanol–water partition coefficient (Wildman–Crippen LogP) is 8.37. The van der Waals surface area contributed by atoms with E-state index in [9.17, 15) is 0 Å². The summed E-state index contributed by atoms with van der Waals surface area (Å²) >= 11 is 9.77. The Morgan fingerprint density at radius 3 is 2.71 bits per heavy atom. The minimum absolute atomic E-state index is 0.745. The average molecular weight is 509 g/mol. The third-order valence-electron chi connectivity index (χ3n) is 5.46. The van der Waals surface area contributed by atoms with Crippen molar-refractivity contribution in [3.05, 3.63) is 83.5 Å². The quantitative estimate of drug-likeness (QED) is 0.264. The maximum atomic E-state index is 6.61. The first-order chi connectivity index (χ1) is 16.7. The summed E-state index contributed by atoms with van der Waals surface area (Å²) in [6.45, 7) is 8.19. The molecule has 1 aliphatic rings. The molecule has 0 atom stereocenters. The number of rotatable bonds is 5. The van der Waals surface area contributed by atoms with Crippen molar-refractivity contribution in [1.82, 2.24) is 9.71 Å². The highest BCUT2D eigenvalue weighted by Crippen LogP contribution is 2.35. The standard InChI is InChI=1S/C25H23ClN4S2.C2H6/c1-17-7-8-19(15-22(17)25-21-6-3-2-5-18(21)11-13-27-25)29-31-24-10-9-20(16-23(24)26)30-14-4-12-28-32-30;1-2/h2-3,5-11,13,15-16,28-29H,4,12,14H2,1H3;1-2H3. The van der Waals surface area contributed by atoms with Crippen molar-refractivity contribution >= 4 is 57.8 Å². The Morgan fingerprint density at radius 1 is 1.06 bits per heavy atom. The number of benzene rings is 3. The van der Waals surface area contributed by atoms with Crippen LogP contribution in [0, 0.1) is 6.92 Å². The zero-order valence-electron chi connectivity index (χ0n) is 19.6. The van der Waals surface area contributed by atoms with Gasteiger partial charge in [0.25, 0.3) is 0 Å². The largest absolute Gasteiger partial charge is 0.326 e. The summed E-state index contributed by atoms with van der Waals surface area (Å²) in [6.07, 6.45) is 3.01. The highest BCUT2D eigenvalue weighted by Gasteiger charge is 2.14. The average Bonchev–Trinajstić information content (AvgIpc) is 2.90. The van der Waals surface area contributed by atoms with Gasteiger partial charge in [0.1, 0.15) is 0 Å². The van der Waals surface area contributed by atoms with Crippen LogP contribution in [0.15, 0.2) is 77.8 Å². The van der Waals surface area contributed by atoms with Crippen molar-refractivity contribution in [3.63, 3.8) is 0 Å². The zero-order chi connectivity index (χ0) is 23.9. The lowest BCUT2D eigenvalue weighted by Gasteiger charge is -2.27. The smallest absolute Gasteiger partial charge is 0.0783 e. The van der Waals surface area contributed by atoms with Gasteiger partial charge in [-0.3, -0.25) is 4.98 Å². The van der Waals surface area contributed by atoms with Gasteiger partial charge in [0.15, 0.2) is 0 Å². The summed E-state index contributed by atoms with van der Waals surface area (Å²) < 4.78 is 9.02. The van der Waals surface area contributed by atoms with Crippen LogP contribution in [0.3, 0.4) is 0 Å². The molecule has 2 N–H and O–H groups in total. The molecule has 1 fully saturated rings. The molecule has 34 heavy (non-hydrogen) atoms. The van der Waals surface area contributed by atoms with E-state index in [1.165, 1.54) is 22.9 Å². The van der Waals surface area contributed by atoms with Crippen molar-refractivity contribution in [3.8, 4) is 11.3 Å². The predicted molar refractivity (Wildman–Crippen MR) is 152 cm³/mol. The SMILES string of the molecule is CC.Cc1ccc(NSc2ccc(N3CCCNS3)cc2Cl)cc1-c1nccc2ccccc12. The fraction of sp³-hybridized carbons (Fsp3) is 0.222. The molecule has 176 valence electrons. The van der Waals surface area contributed by atoms with Crippen molar-refractivity contribution in [2.24, 2.45) is 0 Å². The van der Waals surface area contributed by atoms with Crippen LogP contribution in [0.4, 0.5) is 11.4 Å². The Hall–Kier alpha value is -2.38. The zero-order valence-corrected chi connectivity index (χ0v) is 22.0. The van der Waals surface area contributed by atoms with Crippen molar-refractivity contribution in [2.75, 3.05) is 22.1 Å². The molecule has 1 aromatic heterocycles. The molecule has 0 aliphatic carbocycles. The van der Waals surface area contributed by atoms with E-state index in [2.05, 4.69) is 81.3 Å². The molecule has 0 bridgehead atoms. The Kier molecular flexibility index (Phi) is 8.62. The van der Waals surface area contributed by atoms with E-state index in [-0.39, 0.29) is 0 Å². The van der Waals surface area contributed by atoms with Crippen molar-refractivity contribution < 1.29 is 0 Å². The summed E-state index contributed by atoms with van der Waals surface area (Å²) in [6, 6.07) is 23.0. The number of aryl methyl sites for hydroxylation is 1. The molecule has 0 amide bonds. The summed E-state index contributed by atoms with van der Waals surface area (Å²) in [5.41, 5.74) is 5.46. The summed E-state index contributed by atoms with van der Waals surface area (Å²) in [7, 11) is 0. The number of hydrogen-bond donors (Lipinski definition) is 2. The second-order valence-electron chi connectivity index (χ2n) is 7.67. The van der Waals surface area contributed by atoms with E-state index < -0.39 is 0 Å². The molecule has 5 rings (SSSR count). The van der Waals surface area contributed by atoms with Crippen molar-refractivity contribution in [1.29, 1.82) is 0 Å². The van der Waals surface area contributed by atoms with Gasteiger partial charge in [-0.1, -0.05) is 55.8 Å². The van der Waals surface area contributed by atoms with Gasteiger partial charge in [-0.2, -0.15) is 0 Å². The number of halogens is 1. The second kappa shape index (κ2) is 11.8. The maximum Gasteiger partial charge on any atom is 0.0783 e. The molecule has 4 nitrogen and oxygen atoms in total. The molecule has 2 heterocycles. The first kappa shape index (κ1) is 24.7. The van der Waals surface area contributed by atoms with Gasteiger partial charge in [-0.05, 0) is 72.6 Å². The lowest BCUT2D eigenvalue weighted by Crippen LogP contribution is -2.29. The van der Waals surface area contributed by atoms with Crippen LogP contribution in [0.1, 0.15) is 25.8 Å². The second-order valence-corrected chi connectivity index (χ2v) is 9.84. The van der Waals surface area contributed by atoms with Gasteiger partial charge >= 0.3 is 0 Å². The van der Waals surface area contributed by atoms with Crippen LogP contribution in [-0.4, -0.2) is 18.1 Å². The number of anilines is 2. The van der Waals surface area contributed by atoms with Gasteiger partial charge < -0.3 is 9.03 Å². The van der Waals surface area contributed by atoms with Gasteiger partial charge in [0, 0.05) is 58.6 Å². The normalized spacial score (nSPS) is 13.4. The van der Waals surface area contributed by atoms with Gasteiger partial charge in [-0.15, -0.1) is 0 Å². The minimum Gasteiger partial charge on any atom is -0.326 e. The van der Waals surface area contributed by atoms with Crippen LogP contribution >= 0.6 is 35.7 Å². The Bertz CT molecular complexity index is 1250. The van der Waals surface area contributed by atoms with Crippen LogP contribution in [0.2, 0.25) is 5.02 Å². The fourth-order valence-electron chi connectivity index (χ4n) is 3.76. The van der Waals surface area contributed by atoms with E-state index in [1.807, 2.05) is 26.1 Å². The Labute approximate surface area is 215 Å². The highest BCUT2D eigenvalue weighted by atomic mass is 35.5. The lowest BCUT2D eigenvalue weighted by molar-refractivity contribution is 0.777. The third-order valence-corrected chi connectivity index (χ3v) is 7.75. The minimum atomic E-state index is 0.745. The molecule has 0 unspecified atom stereocenters. The number of fused-ring (bicyclic) bond motifs is 1. The van der Waals surface area contributed by atoms with Gasteiger partial charge in [0.05, 0.1) is 10.7 Å². The van der Waals surface area contributed by atoms with Crippen LogP contribution in [0.5, 0.6) is 0 Å². The van der Waals surface area contributed by atoms with Crippen LogP contribution < -0.4 is 13.7 Å². The van der Waals surface area contributed by atoms with E-state index in [0.29, 0.717) is 0 Å². The maximum absolute atomic E-state index is 6.61. The van der Waals surface area contributed by atoms with Gasteiger partial charge in [0.2, 0.25) is 0 Å². The van der Waals surface area contributed by atoms with E-state index in [0.717, 1.165) is 57.4 Å². The third kappa shape index (κ3) is 5.63. The summed E-state index contributed by atoms with van der Waals surface area (Å²) in [5, 5.41) is 3.10. The number of pyridine rings is 1. The first-order valence-electron chi connectivity index (χ1n) is 11.5. The van der Waals surface area contributed by atoms with E-state index in [4.69, 9.17) is 16.6 Å². The summed E-state index contributed by atoms with van der Waals surface area (Å²) in [4.78, 5) is 5.69. The lowest BCUT2D eigenvalue weighted by atomic mass is 10.00. The number of nitrogens with zero attached hydrogens (tertiary/aromatic N) is 2. The topological polar surface area (TPSA) is 40.2 Å². The first-order valence-corrected chi connectivity index (χ1v) is 13.5. The highest BCUT2D eigenvalue weighted by molar-refractivity contribution is 8.00. The molecule has 0 radical (unpaired) electrons. The molecule has 1 saturated heterocycles. The fourth-order valence-corrected chi connectivity index (χ4v) is 5.53. The molecule has 4 aromatic rings. The molecule has 3 aromatic carbocycles. The Balaban J connectivity index is 0.00000133. The van der Waals surface area contributed by atoms with E-state index >= 15 is 0 Å². The monoisotopic (exact) mass is 508 g/mol. The number of nitrogens with one attached hydrogen (secondary N) is 2. The Morgan fingerprint density at radius 2 is 1.91 bits per heavy atom.